The Labute approximate surface area is 192 Å². The minimum Gasteiger partial charge on any atom is -0.481 e. The molecule has 2 aliphatic heterocycles. The molecule has 32 heavy (non-hydrogen) atoms. The molecule has 2 aliphatic carbocycles. The van der Waals surface area contributed by atoms with Crippen LogP contribution in [-0.4, -0.2) is 44.6 Å². The highest BCUT2D eigenvalue weighted by Crippen LogP contribution is 2.68. The van der Waals surface area contributed by atoms with E-state index in [1.807, 2.05) is 18.2 Å². The number of benzene rings is 1. The molecule has 2 saturated carbocycles. The molecular weight excluding hydrogens is 448 g/mol. The number of aromatic amines is 1. The first-order valence-electron chi connectivity index (χ1n) is 11.0. The number of imide groups is 1. The maximum absolute atomic E-state index is 13.3. The van der Waals surface area contributed by atoms with Crippen molar-refractivity contribution in [1.82, 2.24) is 9.88 Å². The molecule has 1 aromatic heterocycles. The highest BCUT2D eigenvalue weighted by atomic mass is 32.2. The Hall–Kier alpha value is -2.39. The van der Waals surface area contributed by atoms with Crippen LogP contribution in [0.1, 0.15) is 35.6 Å². The summed E-state index contributed by atoms with van der Waals surface area (Å²) in [4.78, 5) is 55.0. The molecule has 2 amide bonds. The minimum absolute atomic E-state index is 0.0429. The average Bonchev–Trinajstić information content (AvgIpc) is 3.49. The Morgan fingerprint density at radius 1 is 1.09 bits per heavy atom. The van der Waals surface area contributed by atoms with Gasteiger partial charge in [-0.3, -0.25) is 24.1 Å². The molecular formula is C23H22N2O5S2. The third-order valence-corrected chi connectivity index (χ3v) is 10.3. The van der Waals surface area contributed by atoms with Crippen molar-refractivity contribution in [3.63, 3.8) is 0 Å². The number of thioether (sulfide) groups is 1. The smallest absolute Gasteiger partial charge is 0.305 e. The molecule has 6 rings (SSSR count). The number of carbonyl (C=O) groups is 3. The summed E-state index contributed by atoms with van der Waals surface area (Å²) in [5.41, 5.74) is 1.15. The van der Waals surface area contributed by atoms with Crippen LogP contribution in [-0.2, 0) is 14.4 Å². The van der Waals surface area contributed by atoms with E-state index in [2.05, 4.69) is 17.1 Å². The number of thiazole rings is 1. The van der Waals surface area contributed by atoms with Crippen molar-refractivity contribution >= 4 is 40.9 Å². The fourth-order valence-electron chi connectivity index (χ4n) is 6.72. The lowest BCUT2D eigenvalue weighted by atomic mass is 9.68. The van der Waals surface area contributed by atoms with Gasteiger partial charge in [0.1, 0.15) is 0 Å². The first-order chi connectivity index (χ1) is 15.5. The van der Waals surface area contributed by atoms with Gasteiger partial charge in [0.25, 0.3) is 0 Å². The van der Waals surface area contributed by atoms with Gasteiger partial charge >= 0.3 is 10.8 Å². The molecule has 0 spiro atoms. The van der Waals surface area contributed by atoms with Crippen LogP contribution in [0.4, 0.5) is 0 Å². The van der Waals surface area contributed by atoms with Gasteiger partial charge in [0.15, 0.2) is 0 Å². The molecule has 7 atom stereocenters. The van der Waals surface area contributed by atoms with Crippen molar-refractivity contribution in [3.8, 4) is 0 Å². The van der Waals surface area contributed by atoms with Crippen molar-refractivity contribution in [3.05, 3.63) is 50.4 Å². The molecule has 0 radical (unpaired) electrons. The number of carboxylic acids is 1. The van der Waals surface area contributed by atoms with E-state index < -0.39 is 5.97 Å². The second-order valence-corrected chi connectivity index (χ2v) is 11.4. The molecule has 9 heteroatoms. The normalized spacial score (nSPS) is 34.5. The number of H-pyrrole nitrogens is 1. The van der Waals surface area contributed by atoms with Crippen molar-refractivity contribution in [2.45, 2.75) is 35.5 Å². The standard InChI is InChI=1S/C23H22N2O5S2/c26-13(27)7-4-8-25-21(28)16-11-9-12(17(16)22(25)29)18-15(11)14(10-5-2-1-3-6-10)19-20(31-18)24-23(30)32-19/h1-3,5-6,11-12,14-18H,4,7-9H2,(H,24,30)(H,26,27)/t11-,12-,14+,15-,16+,17-,18-/m1/s1. The van der Waals surface area contributed by atoms with E-state index in [4.69, 9.17) is 5.11 Å². The van der Waals surface area contributed by atoms with Crippen LogP contribution >= 0.6 is 23.1 Å². The van der Waals surface area contributed by atoms with Crippen molar-refractivity contribution < 1.29 is 19.5 Å². The van der Waals surface area contributed by atoms with Gasteiger partial charge in [-0.05, 0) is 36.2 Å². The SMILES string of the molecule is O=C(O)CCCN1C(=O)[C@@H]2[C@H]3C[C@@H]([C@@H]2C1=O)[C@@H]1[C@H](c2ccccc2)c2sc(=O)[nH]c2S[C@H]31. The topological polar surface area (TPSA) is 108 Å². The Kier molecular flexibility index (Phi) is 4.62. The number of carboxylic acid groups (broad SMARTS) is 1. The Morgan fingerprint density at radius 3 is 2.53 bits per heavy atom. The summed E-state index contributed by atoms with van der Waals surface area (Å²) in [6, 6.07) is 10.2. The molecule has 7 nitrogen and oxygen atoms in total. The minimum atomic E-state index is -0.919. The maximum Gasteiger partial charge on any atom is 0.305 e. The molecule has 2 N–H and O–H groups in total. The first kappa shape index (κ1) is 20.2. The van der Waals surface area contributed by atoms with Crippen LogP contribution in [0.5, 0.6) is 0 Å². The number of nitrogens with one attached hydrogen (secondary N) is 1. The predicted octanol–water partition coefficient (Wildman–Crippen LogP) is 2.77. The number of hydrogen-bond acceptors (Lipinski definition) is 6. The number of aliphatic carboxylic acids is 1. The van der Waals surface area contributed by atoms with Crippen LogP contribution in [0.3, 0.4) is 0 Å². The number of rotatable bonds is 5. The van der Waals surface area contributed by atoms with Gasteiger partial charge in [-0.25, -0.2) is 0 Å². The second-order valence-electron chi connectivity index (χ2n) is 9.20. The fourth-order valence-corrected chi connectivity index (χ4v) is 9.61. The fraction of sp³-hybridized carbons (Fsp3) is 0.478. The van der Waals surface area contributed by atoms with E-state index in [-0.39, 0.29) is 76.8 Å². The molecule has 4 aliphatic rings. The van der Waals surface area contributed by atoms with Crippen LogP contribution in [0.25, 0.3) is 0 Å². The van der Waals surface area contributed by atoms with Gasteiger partial charge in [-0.15, -0.1) is 11.8 Å². The number of fused-ring (bicyclic) bond motifs is 9. The second kappa shape index (κ2) is 7.31. The van der Waals surface area contributed by atoms with Crippen LogP contribution in [0, 0.1) is 29.6 Å². The number of amides is 2. The lowest BCUT2D eigenvalue weighted by Gasteiger charge is -2.43. The zero-order valence-electron chi connectivity index (χ0n) is 17.1. The highest BCUT2D eigenvalue weighted by molar-refractivity contribution is 8.00. The zero-order chi connectivity index (χ0) is 22.1. The number of likely N-dealkylation sites (tertiary alicyclic amines) is 1. The van der Waals surface area contributed by atoms with E-state index in [1.165, 1.54) is 16.2 Å². The molecule has 1 aromatic carbocycles. The van der Waals surface area contributed by atoms with Crippen LogP contribution < -0.4 is 4.87 Å². The summed E-state index contributed by atoms with van der Waals surface area (Å²) in [5, 5.41) is 10.0. The molecule has 2 aromatic rings. The van der Waals surface area contributed by atoms with Gasteiger partial charge in [0.2, 0.25) is 11.8 Å². The number of nitrogens with zero attached hydrogens (tertiary/aromatic N) is 1. The summed E-state index contributed by atoms with van der Waals surface area (Å²) in [6.07, 6.45) is 1.10. The van der Waals surface area contributed by atoms with Crippen molar-refractivity contribution in [1.29, 1.82) is 0 Å². The summed E-state index contributed by atoms with van der Waals surface area (Å²) < 4.78 is 0. The van der Waals surface area contributed by atoms with E-state index in [9.17, 15) is 19.2 Å². The quantitative estimate of drug-likeness (QED) is 0.651. The number of hydrogen-bond donors (Lipinski definition) is 2. The molecule has 3 fully saturated rings. The van der Waals surface area contributed by atoms with Gasteiger partial charge in [0, 0.05) is 29.0 Å². The van der Waals surface area contributed by atoms with E-state index in [0.29, 0.717) is 0 Å². The first-order valence-corrected chi connectivity index (χ1v) is 12.7. The van der Waals surface area contributed by atoms with Crippen molar-refractivity contribution in [2.75, 3.05) is 6.54 Å². The predicted molar refractivity (Wildman–Crippen MR) is 119 cm³/mol. The van der Waals surface area contributed by atoms with Gasteiger partial charge in [-0.1, -0.05) is 41.7 Å². The van der Waals surface area contributed by atoms with E-state index in [1.54, 1.807) is 11.8 Å². The van der Waals surface area contributed by atoms with E-state index >= 15 is 0 Å². The lowest BCUT2D eigenvalue weighted by molar-refractivity contribution is -0.142. The number of aromatic nitrogens is 1. The molecule has 166 valence electrons. The molecule has 3 heterocycles. The summed E-state index contributed by atoms with van der Waals surface area (Å²) in [6.45, 7) is 0.182. The third kappa shape index (κ3) is 2.80. The monoisotopic (exact) mass is 470 g/mol. The molecule has 0 unspecified atom stereocenters. The molecule has 1 saturated heterocycles. The summed E-state index contributed by atoms with van der Waals surface area (Å²) in [5.74, 6) is -1.36. The molecule has 2 bridgehead atoms. The average molecular weight is 471 g/mol. The lowest BCUT2D eigenvalue weighted by Crippen LogP contribution is -2.42. The van der Waals surface area contributed by atoms with Gasteiger partial charge in [-0.2, -0.15) is 0 Å². The van der Waals surface area contributed by atoms with Gasteiger partial charge < -0.3 is 10.1 Å². The van der Waals surface area contributed by atoms with Crippen LogP contribution in [0.2, 0.25) is 0 Å². The summed E-state index contributed by atoms with van der Waals surface area (Å²) in [7, 11) is 0. The third-order valence-electron chi connectivity index (χ3n) is 7.75. The van der Waals surface area contributed by atoms with E-state index in [0.717, 1.165) is 21.9 Å². The Bertz CT molecular complexity index is 1170. The zero-order valence-corrected chi connectivity index (χ0v) is 18.7. The number of carbonyl (C=O) groups excluding carboxylic acids is 2. The Balaban J connectivity index is 1.37. The van der Waals surface area contributed by atoms with Gasteiger partial charge in [0.05, 0.1) is 16.9 Å². The maximum atomic E-state index is 13.3. The van der Waals surface area contributed by atoms with Crippen molar-refractivity contribution in [2.24, 2.45) is 29.6 Å². The largest absolute Gasteiger partial charge is 0.481 e. The highest BCUT2D eigenvalue weighted by Gasteiger charge is 2.69. The summed E-state index contributed by atoms with van der Waals surface area (Å²) >= 11 is 2.94. The van der Waals surface area contributed by atoms with Crippen LogP contribution in [0.15, 0.2) is 40.2 Å². The Morgan fingerprint density at radius 2 is 1.81 bits per heavy atom.